The highest BCUT2D eigenvalue weighted by Gasteiger charge is 2.13. The quantitative estimate of drug-likeness (QED) is 0.341. The number of hydrogen-bond donors (Lipinski definition) is 3. The molecule has 1 aromatic heterocycles. The van der Waals surface area contributed by atoms with Crippen LogP contribution in [-0.2, 0) is 4.79 Å². The highest BCUT2D eigenvalue weighted by molar-refractivity contribution is 8.01. The van der Waals surface area contributed by atoms with Gasteiger partial charge in [-0.05, 0) is 31.2 Å². The summed E-state index contributed by atoms with van der Waals surface area (Å²) < 4.78 is 11.0. The molecule has 0 fully saturated rings. The van der Waals surface area contributed by atoms with E-state index in [1.54, 1.807) is 25.3 Å². The van der Waals surface area contributed by atoms with E-state index in [4.69, 9.17) is 9.47 Å². The Hall–Kier alpha value is -3.31. The number of benzene rings is 2. The van der Waals surface area contributed by atoms with E-state index in [0.717, 1.165) is 5.56 Å². The Kier molecular flexibility index (Phi) is 7.68. The number of ether oxygens (including phenoxy) is 2. The Bertz CT molecular complexity index is 1060. The number of rotatable bonds is 8. The Labute approximate surface area is 187 Å². The van der Waals surface area contributed by atoms with Gasteiger partial charge in [0.1, 0.15) is 11.5 Å². The molecule has 3 rings (SSSR count). The van der Waals surface area contributed by atoms with Crippen LogP contribution in [0.4, 0.5) is 21.3 Å². The number of aryl methyl sites for hydroxylation is 1. The molecule has 0 saturated heterocycles. The molecule has 0 aliphatic rings. The third kappa shape index (κ3) is 6.59. The van der Waals surface area contributed by atoms with Crippen molar-refractivity contribution in [1.82, 2.24) is 10.2 Å². The molecule has 3 amide bonds. The average molecular weight is 460 g/mol. The SMILES string of the molecule is COc1ccc(NC(=O)CSc2nnc(NC(=O)Nc3ccc(C)cc3)s2)c(OC)c1. The molecule has 3 N–H and O–H groups in total. The number of nitrogens with one attached hydrogen (secondary N) is 3. The molecular weight excluding hydrogens is 438 g/mol. The monoisotopic (exact) mass is 459 g/mol. The Morgan fingerprint density at radius 3 is 2.48 bits per heavy atom. The molecule has 0 spiro atoms. The third-order valence-corrected chi connectivity index (χ3v) is 5.92. The predicted molar refractivity (Wildman–Crippen MR) is 123 cm³/mol. The van der Waals surface area contributed by atoms with Gasteiger partial charge in [-0.1, -0.05) is 40.8 Å². The maximum Gasteiger partial charge on any atom is 0.325 e. The summed E-state index contributed by atoms with van der Waals surface area (Å²) >= 11 is 2.40. The van der Waals surface area contributed by atoms with E-state index in [0.29, 0.717) is 32.3 Å². The smallest absolute Gasteiger partial charge is 0.325 e. The van der Waals surface area contributed by atoms with E-state index in [-0.39, 0.29) is 11.7 Å². The Morgan fingerprint density at radius 2 is 1.77 bits per heavy atom. The van der Waals surface area contributed by atoms with Crippen molar-refractivity contribution < 1.29 is 19.1 Å². The second kappa shape index (κ2) is 10.6. The molecule has 1 heterocycles. The lowest BCUT2D eigenvalue weighted by Gasteiger charge is -2.11. The van der Waals surface area contributed by atoms with Crippen LogP contribution in [0.5, 0.6) is 11.5 Å². The van der Waals surface area contributed by atoms with Crippen LogP contribution in [0.15, 0.2) is 46.8 Å². The van der Waals surface area contributed by atoms with Crippen LogP contribution in [0, 0.1) is 6.92 Å². The van der Waals surface area contributed by atoms with Gasteiger partial charge in [-0.15, -0.1) is 10.2 Å². The van der Waals surface area contributed by atoms with E-state index in [1.807, 2.05) is 31.2 Å². The van der Waals surface area contributed by atoms with Crippen molar-refractivity contribution in [2.75, 3.05) is 35.9 Å². The fourth-order valence-corrected chi connectivity index (χ4v) is 3.98. The minimum atomic E-state index is -0.416. The lowest BCUT2D eigenvalue weighted by atomic mass is 10.2. The summed E-state index contributed by atoms with van der Waals surface area (Å²) in [7, 11) is 3.07. The molecule has 2 aromatic carbocycles. The number of hydrogen-bond acceptors (Lipinski definition) is 8. The van der Waals surface area contributed by atoms with Crippen LogP contribution >= 0.6 is 23.1 Å². The fraction of sp³-hybridized carbons (Fsp3) is 0.200. The van der Waals surface area contributed by atoms with E-state index < -0.39 is 6.03 Å². The van der Waals surface area contributed by atoms with Crippen LogP contribution in [0.2, 0.25) is 0 Å². The molecule has 9 nitrogen and oxygen atoms in total. The van der Waals surface area contributed by atoms with Crippen molar-refractivity contribution >= 4 is 51.5 Å². The van der Waals surface area contributed by atoms with E-state index in [9.17, 15) is 9.59 Å². The molecule has 0 bridgehead atoms. The lowest BCUT2D eigenvalue weighted by molar-refractivity contribution is -0.113. The molecular formula is C20H21N5O4S2. The summed E-state index contributed by atoms with van der Waals surface area (Å²) in [6.07, 6.45) is 0. The zero-order valence-electron chi connectivity index (χ0n) is 17.1. The Balaban J connectivity index is 1.49. The van der Waals surface area contributed by atoms with Crippen molar-refractivity contribution in [1.29, 1.82) is 0 Å². The minimum absolute atomic E-state index is 0.124. The van der Waals surface area contributed by atoms with Gasteiger partial charge in [-0.25, -0.2) is 4.79 Å². The van der Waals surface area contributed by atoms with Gasteiger partial charge in [0.2, 0.25) is 11.0 Å². The number of anilines is 3. The van der Waals surface area contributed by atoms with Crippen LogP contribution in [0.3, 0.4) is 0 Å². The number of methoxy groups -OCH3 is 2. The van der Waals surface area contributed by atoms with Crippen LogP contribution in [0.25, 0.3) is 0 Å². The average Bonchev–Trinajstić information content (AvgIpc) is 3.21. The number of urea groups is 1. The highest BCUT2D eigenvalue weighted by atomic mass is 32.2. The molecule has 11 heteroatoms. The number of nitrogens with zero attached hydrogens (tertiary/aromatic N) is 2. The molecule has 0 aliphatic heterocycles. The van der Waals surface area contributed by atoms with Gasteiger partial charge >= 0.3 is 6.03 Å². The van der Waals surface area contributed by atoms with Gasteiger partial charge in [0.05, 0.1) is 25.7 Å². The number of aromatic nitrogens is 2. The predicted octanol–water partition coefficient (Wildman–Crippen LogP) is 4.24. The number of carbonyl (C=O) groups excluding carboxylic acids is 2. The molecule has 31 heavy (non-hydrogen) atoms. The molecule has 162 valence electrons. The summed E-state index contributed by atoms with van der Waals surface area (Å²) in [5.41, 5.74) is 2.32. The molecule has 0 atom stereocenters. The van der Waals surface area contributed by atoms with Gasteiger partial charge in [0.25, 0.3) is 0 Å². The van der Waals surface area contributed by atoms with Gasteiger partial charge in [0, 0.05) is 11.8 Å². The van der Waals surface area contributed by atoms with Crippen molar-refractivity contribution in [3.63, 3.8) is 0 Å². The largest absolute Gasteiger partial charge is 0.497 e. The summed E-state index contributed by atoms with van der Waals surface area (Å²) in [5.74, 6) is 1.03. The Morgan fingerprint density at radius 1 is 1.00 bits per heavy atom. The van der Waals surface area contributed by atoms with Gasteiger partial charge < -0.3 is 20.1 Å². The molecule has 0 radical (unpaired) electrons. The number of amides is 3. The minimum Gasteiger partial charge on any atom is -0.497 e. The van der Waals surface area contributed by atoms with Crippen LogP contribution in [-0.4, -0.2) is 42.1 Å². The molecule has 0 aliphatic carbocycles. The number of carbonyl (C=O) groups is 2. The maximum absolute atomic E-state index is 12.3. The standard InChI is InChI=1S/C20H21N5O4S2/c1-12-4-6-13(7-5-12)21-18(27)23-19-24-25-20(31-19)30-11-17(26)22-15-9-8-14(28-2)10-16(15)29-3/h4-10H,11H2,1-3H3,(H,22,26)(H2,21,23,24,27). The van der Waals surface area contributed by atoms with Gasteiger partial charge in [-0.3, -0.25) is 10.1 Å². The molecule has 0 unspecified atom stereocenters. The van der Waals surface area contributed by atoms with Crippen molar-refractivity contribution in [3.8, 4) is 11.5 Å². The van der Waals surface area contributed by atoms with Crippen LogP contribution in [0.1, 0.15) is 5.56 Å². The summed E-state index contributed by atoms with van der Waals surface area (Å²) in [6.45, 7) is 1.97. The normalized spacial score (nSPS) is 10.3. The first-order valence-corrected chi connectivity index (χ1v) is 10.9. The second-order valence-electron chi connectivity index (χ2n) is 6.22. The van der Waals surface area contributed by atoms with Crippen molar-refractivity contribution in [2.24, 2.45) is 0 Å². The van der Waals surface area contributed by atoms with Gasteiger partial charge in [-0.2, -0.15) is 0 Å². The summed E-state index contributed by atoms with van der Waals surface area (Å²) in [6, 6.07) is 12.1. The zero-order chi connectivity index (χ0) is 22.2. The maximum atomic E-state index is 12.3. The molecule has 0 saturated carbocycles. The highest BCUT2D eigenvalue weighted by Crippen LogP contribution is 2.30. The zero-order valence-corrected chi connectivity index (χ0v) is 18.7. The first kappa shape index (κ1) is 22.4. The van der Waals surface area contributed by atoms with Crippen molar-refractivity contribution in [3.05, 3.63) is 48.0 Å². The summed E-state index contributed by atoms with van der Waals surface area (Å²) in [5, 5.41) is 16.4. The topological polar surface area (TPSA) is 114 Å². The summed E-state index contributed by atoms with van der Waals surface area (Å²) in [4.78, 5) is 24.4. The second-order valence-corrected chi connectivity index (χ2v) is 8.42. The third-order valence-electron chi connectivity index (χ3n) is 3.95. The first-order chi connectivity index (χ1) is 15.0. The van der Waals surface area contributed by atoms with E-state index in [2.05, 4.69) is 26.1 Å². The first-order valence-electron chi connectivity index (χ1n) is 9.09. The fourth-order valence-electron chi connectivity index (χ4n) is 2.43. The molecule has 3 aromatic rings. The van der Waals surface area contributed by atoms with Gasteiger partial charge in [0.15, 0.2) is 4.34 Å². The van der Waals surface area contributed by atoms with Crippen LogP contribution < -0.4 is 25.4 Å². The lowest BCUT2D eigenvalue weighted by Crippen LogP contribution is -2.19. The van der Waals surface area contributed by atoms with E-state index in [1.165, 1.54) is 30.2 Å². The number of thioether (sulfide) groups is 1. The van der Waals surface area contributed by atoms with Crippen molar-refractivity contribution in [2.45, 2.75) is 11.3 Å². The van der Waals surface area contributed by atoms with E-state index >= 15 is 0 Å².